The number of ether oxygens (including phenoxy) is 1. The summed E-state index contributed by atoms with van der Waals surface area (Å²) >= 11 is 0. The highest BCUT2D eigenvalue weighted by Gasteiger charge is 1.96. The Morgan fingerprint density at radius 2 is 2.00 bits per heavy atom. The third kappa shape index (κ3) is 4.04. The lowest BCUT2D eigenvalue weighted by Gasteiger charge is -2.09. The number of nitriles is 1. The molecule has 2 aromatic carbocycles. The van der Waals surface area contributed by atoms with Crippen molar-refractivity contribution in [1.82, 2.24) is 0 Å². The summed E-state index contributed by atoms with van der Waals surface area (Å²) in [6, 6.07) is 17.5. The second kappa shape index (κ2) is 6.46. The first-order valence-electron chi connectivity index (χ1n) is 6.21. The van der Waals surface area contributed by atoms with Crippen LogP contribution in [0.5, 0.6) is 5.75 Å². The Morgan fingerprint density at radius 3 is 2.79 bits per heavy atom. The van der Waals surface area contributed by atoms with Gasteiger partial charge in [-0.2, -0.15) is 5.26 Å². The van der Waals surface area contributed by atoms with Crippen molar-refractivity contribution >= 4 is 5.69 Å². The Morgan fingerprint density at radius 1 is 1.16 bits per heavy atom. The zero-order valence-corrected chi connectivity index (χ0v) is 10.9. The highest BCUT2D eigenvalue weighted by atomic mass is 16.5. The van der Waals surface area contributed by atoms with E-state index < -0.39 is 0 Å². The summed E-state index contributed by atoms with van der Waals surface area (Å²) in [6.45, 7) is 3.32. The summed E-state index contributed by atoms with van der Waals surface area (Å²) in [4.78, 5) is 0. The minimum Gasteiger partial charge on any atom is -0.492 e. The monoisotopic (exact) mass is 252 g/mol. The van der Waals surface area contributed by atoms with E-state index in [0.717, 1.165) is 11.4 Å². The molecule has 3 heteroatoms. The third-order valence-electron chi connectivity index (χ3n) is 2.68. The van der Waals surface area contributed by atoms with Gasteiger partial charge in [-0.1, -0.05) is 18.2 Å². The third-order valence-corrected chi connectivity index (χ3v) is 2.68. The molecule has 0 aromatic heterocycles. The second-order valence-electron chi connectivity index (χ2n) is 4.28. The summed E-state index contributed by atoms with van der Waals surface area (Å²) in [5.41, 5.74) is 2.78. The summed E-state index contributed by atoms with van der Waals surface area (Å²) in [7, 11) is 0. The SMILES string of the molecule is Cc1cccc(OCCNc2cccc(C#N)c2)c1. The number of hydrogen-bond donors (Lipinski definition) is 1. The molecule has 0 radical (unpaired) electrons. The van der Waals surface area contributed by atoms with E-state index in [2.05, 4.69) is 11.4 Å². The van der Waals surface area contributed by atoms with E-state index in [4.69, 9.17) is 10.00 Å². The number of aryl methyl sites for hydroxylation is 1. The maximum atomic E-state index is 8.81. The van der Waals surface area contributed by atoms with Crippen LogP contribution in [0, 0.1) is 18.3 Å². The van der Waals surface area contributed by atoms with E-state index >= 15 is 0 Å². The Hall–Kier alpha value is -2.47. The van der Waals surface area contributed by atoms with E-state index in [0.29, 0.717) is 18.7 Å². The van der Waals surface area contributed by atoms with Gasteiger partial charge in [0, 0.05) is 12.2 Å². The van der Waals surface area contributed by atoms with Crippen LogP contribution in [-0.4, -0.2) is 13.2 Å². The molecule has 0 heterocycles. The summed E-state index contributed by atoms with van der Waals surface area (Å²) < 4.78 is 5.64. The zero-order chi connectivity index (χ0) is 13.5. The lowest BCUT2D eigenvalue weighted by Crippen LogP contribution is -2.11. The summed E-state index contributed by atoms with van der Waals surface area (Å²) in [6.07, 6.45) is 0. The first kappa shape index (κ1) is 13.0. The highest BCUT2D eigenvalue weighted by molar-refractivity contribution is 5.49. The van der Waals surface area contributed by atoms with Crippen LogP contribution in [0.3, 0.4) is 0 Å². The molecular weight excluding hydrogens is 236 g/mol. The molecule has 19 heavy (non-hydrogen) atoms. The van der Waals surface area contributed by atoms with Crippen LogP contribution < -0.4 is 10.1 Å². The predicted octanol–water partition coefficient (Wildman–Crippen LogP) is 3.36. The second-order valence-corrected chi connectivity index (χ2v) is 4.28. The Kier molecular flexibility index (Phi) is 4.41. The van der Waals surface area contributed by atoms with E-state index in [-0.39, 0.29) is 0 Å². The molecular formula is C16H16N2O. The Bertz CT molecular complexity index is 587. The van der Waals surface area contributed by atoms with Crippen LogP contribution in [0.2, 0.25) is 0 Å². The maximum Gasteiger partial charge on any atom is 0.119 e. The van der Waals surface area contributed by atoms with Gasteiger partial charge in [-0.25, -0.2) is 0 Å². The number of rotatable bonds is 5. The van der Waals surface area contributed by atoms with Crippen LogP contribution in [-0.2, 0) is 0 Å². The average molecular weight is 252 g/mol. The fourth-order valence-electron chi connectivity index (χ4n) is 1.77. The molecule has 0 aliphatic carbocycles. The van der Waals surface area contributed by atoms with E-state index in [1.54, 1.807) is 6.07 Å². The van der Waals surface area contributed by atoms with Crippen molar-refractivity contribution in [3.63, 3.8) is 0 Å². The normalized spacial score (nSPS) is 9.68. The van der Waals surface area contributed by atoms with Crippen molar-refractivity contribution in [3.05, 3.63) is 59.7 Å². The van der Waals surface area contributed by atoms with Crippen molar-refractivity contribution in [3.8, 4) is 11.8 Å². The summed E-state index contributed by atoms with van der Waals surface area (Å²) in [5, 5.41) is 12.0. The molecule has 0 atom stereocenters. The van der Waals surface area contributed by atoms with Gasteiger partial charge < -0.3 is 10.1 Å². The van der Waals surface area contributed by atoms with Gasteiger partial charge in [0.1, 0.15) is 12.4 Å². The molecule has 0 saturated heterocycles. The van der Waals surface area contributed by atoms with Crippen molar-refractivity contribution < 1.29 is 4.74 Å². The quantitative estimate of drug-likeness (QED) is 0.830. The molecule has 0 saturated carbocycles. The molecule has 1 N–H and O–H groups in total. The highest BCUT2D eigenvalue weighted by Crippen LogP contribution is 2.12. The molecule has 2 aromatic rings. The first-order chi connectivity index (χ1) is 9.28. The van der Waals surface area contributed by atoms with Crippen molar-refractivity contribution in [2.24, 2.45) is 0 Å². The van der Waals surface area contributed by atoms with Crippen LogP contribution in [0.15, 0.2) is 48.5 Å². The van der Waals surface area contributed by atoms with Crippen molar-refractivity contribution in [2.45, 2.75) is 6.92 Å². The van der Waals surface area contributed by atoms with Crippen LogP contribution >= 0.6 is 0 Å². The lowest BCUT2D eigenvalue weighted by atomic mass is 10.2. The van der Waals surface area contributed by atoms with Crippen LogP contribution in [0.1, 0.15) is 11.1 Å². The Labute approximate surface area is 113 Å². The minimum atomic E-state index is 0.584. The van der Waals surface area contributed by atoms with E-state index in [1.165, 1.54) is 5.56 Å². The number of benzene rings is 2. The smallest absolute Gasteiger partial charge is 0.119 e. The summed E-state index contributed by atoms with van der Waals surface area (Å²) in [5.74, 6) is 0.882. The van der Waals surface area contributed by atoms with E-state index in [1.807, 2.05) is 49.4 Å². The predicted molar refractivity (Wildman–Crippen MR) is 76.3 cm³/mol. The van der Waals surface area contributed by atoms with Gasteiger partial charge in [0.2, 0.25) is 0 Å². The molecule has 3 nitrogen and oxygen atoms in total. The van der Waals surface area contributed by atoms with Gasteiger partial charge >= 0.3 is 0 Å². The Balaban J connectivity index is 1.79. The van der Waals surface area contributed by atoms with Gasteiger partial charge in [0.15, 0.2) is 0 Å². The molecule has 2 rings (SSSR count). The lowest BCUT2D eigenvalue weighted by molar-refractivity contribution is 0.332. The fraction of sp³-hybridized carbons (Fsp3) is 0.188. The molecule has 0 fully saturated rings. The maximum absolute atomic E-state index is 8.81. The topological polar surface area (TPSA) is 45.0 Å². The molecule has 0 bridgehead atoms. The van der Waals surface area contributed by atoms with Gasteiger partial charge in [-0.15, -0.1) is 0 Å². The number of nitrogens with one attached hydrogen (secondary N) is 1. The average Bonchev–Trinajstić information content (AvgIpc) is 2.44. The largest absolute Gasteiger partial charge is 0.492 e. The van der Waals surface area contributed by atoms with Crippen molar-refractivity contribution in [1.29, 1.82) is 5.26 Å². The van der Waals surface area contributed by atoms with Gasteiger partial charge in [0.05, 0.1) is 11.6 Å². The zero-order valence-electron chi connectivity index (χ0n) is 10.9. The molecule has 0 aliphatic heterocycles. The molecule has 0 amide bonds. The van der Waals surface area contributed by atoms with Crippen LogP contribution in [0.4, 0.5) is 5.69 Å². The standard InChI is InChI=1S/C16H16N2O/c1-13-4-2-7-16(10-13)19-9-8-18-15-6-3-5-14(11-15)12-17/h2-7,10-11,18H,8-9H2,1H3. The minimum absolute atomic E-state index is 0.584. The molecule has 0 aliphatic rings. The molecule has 0 unspecified atom stereocenters. The van der Waals surface area contributed by atoms with Crippen LogP contribution in [0.25, 0.3) is 0 Å². The van der Waals surface area contributed by atoms with Gasteiger partial charge in [-0.3, -0.25) is 0 Å². The fourth-order valence-corrected chi connectivity index (χ4v) is 1.77. The van der Waals surface area contributed by atoms with Gasteiger partial charge in [0.25, 0.3) is 0 Å². The molecule has 0 spiro atoms. The number of nitrogens with zero attached hydrogens (tertiary/aromatic N) is 1. The first-order valence-corrected chi connectivity index (χ1v) is 6.21. The van der Waals surface area contributed by atoms with Gasteiger partial charge in [-0.05, 0) is 42.8 Å². The van der Waals surface area contributed by atoms with E-state index in [9.17, 15) is 0 Å². The number of anilines is 1. The number of hydrogen-bond acceptors (Lipinski definition) is 3. The molecule has 96 valence electrons. The van der Waals surface area contributed by atoms with Crippen molar-refractivity contribution in [2.75, 3.05) is 18.5 Å².